The maximum atomic E-state index is 13.1. The Balaban J connectivity index is 1.52. The summed E-state index contributed by atoms with van der Waals surface area (Å²) in [5.41, 5.74) is 2.50. The Labute approximate surface area is 200 Å². The minimum Gasteiger partial charge on any atom is -0.497 e. The third-order valence-electron chi connectivity index (χ3n) is 5.66. The van der Waals surface area contributed by atoms with Crippen molar-refractivity contribution in [2.75, 3.05) is 44.8 Å². The van der Waals surface area contributed by atoms with Gasteiger partial charge in [-0.25, -0.2) is 4.99 Å². The van der Waals surface area contributed by atoms with Gasteiger partial charge in [-0.3, -0.25) is 10.1 Å². The van der Waals surface area contributed by atoms with E-state index in [1.54, 1.807) is 31.4 Å². The Hall–Kier alpha value is -4.00. The van der Waals surface area contributed by atoms with Crippen LogP contribution >= 0.6 is 0 Å². The van der Waals surface area contributed by atoms with Crippen molar-refractivity contribution in [3.8, 4) is 11.5 Å². The Morgan fingerprint density at radius 2 is 1.53 bits per heavy atom. The lowest BCUT2D eigenvalue weighted by Gasteiger charge is -2.37. The number of hydrogen-bond donors (Lipinski definition) is 1. The van der Waals surface area contributed by atoms with Gasteiger partial charge in [-0.05, 0) is 67.6 Å². The van der Waals surface area contributed by atoms with Crippen LogP contribution < -0.4 is 19.7 Å². The number of nitrogens with zero attached hydrogens (tertiary/aromatic N) is 3. The monoisotopic (exact) mass is 458 g/mol. The maximum Gasteiger partial charge on any atom is 0.257 e. The molecule has 0 spiro atoms. The highest BCUT2D eigenvalue weighted by atomic mass is 16.5. The fourth-order valence-electron chi connectivity index (χ4n) is 3.81. The smallest absolute Gasteiger partial charge is 0.257 e. The van der Waals surface area contributed by atoms with Crippen molar-refractivity contribution in [3.63, 3.8) is 0 Å². The van der Waals surface area contributed by atoms with E-state index < -0.39 is 0 Å². The molecule has 4 rings (SSSR count). The zero-order valence-corrected chi connectivity index (χ0v) is 19.6. The van der Waals surface area contributed by atoms with Gasteiger partial charge in [-0.1, -0.05) is 18.2 Å². The zero-order valence-electron chi connectivity index (χ0n) is 19.6. The van der Waals surface area contributed by atoms with Crippen LogP contribution in [0.3, 0.4) is 0 Å². The van der Waals surface area contributed by atoms with E-state index in [0.29, 0.717) is 18.1 Å². The Kier molecular flexibility index (Phi) is 7.65. The highest BCUT2D eigenvalue weighted by molar-refractivity contribution is 6.06. The van der Waals surface area contributed by atoms with Crippen LogP contribution in [0.1, 0.15) is 17.3 Å². The van der Waals surface area contributed by atoms with Crippen molar-refractivity contribution in [2.24, 2.45) is 4.99 Å². The number of rotatable bonds is 6. The fraction of sp³-hybridized carbons (Fsp3) is 0.259. The quantitative estimate of drug-likeness (QED) is 0.440. The first-order chi connectivity index (χ1) is 16.7. The van der Waals surface area contributed by atoms with Crippen molar-refractivity contribution >= 4 is 23.2 Å². The molecular formula is C27H30N4O3. The van der Waals surface area contributed by atoms with Crippen molar-refractivity contribution in [2.45, 2.75) is 6.92 Å². The molecule has 3 aromatic carbocycles. The number of ether oxygens (including phenoxy) is 2. The number of amides is 1. The molecular weight excluding hydrogens is 428 g/mol. The van der Waals surface area contributed by atoms with Gasteiger partial charge in [0.1, 0.15) is 11.5 Å². The maximum absolute atomic E-state index is 13.1. The Bertz CT molecular complexity index is 1090. The second-order valence-electron chi connectivity index (χ2n) is 7.85. The van der Waals surface area contributed by atoms with Crippen LogP contribution in [-0.4, -0.2) is 56.7 Å². The van der Waals surface area contributed by atoms with E-state index in [4.69, 9.17) is 14.5 Å². The normalized spacial score (nSPS) is 14.0. The molecule has 0 unspecified atom stereocenters. The fourth-order valence-corrected chi connectivity index (χ4v) is 3.81. The van der Waals surface area contributed by atoms with E-state index in [1.165, 1.54) is 5.69 Å². The van der Waals surface area contributed by atoms with Gasteiger partial charge in [0, 0.05) is 37.4 Å². The van der Waals surface area contributed by atoms with Gasteiger partial charge in [0.15, 0.2) is 0 Å². The zero-order chi connectivity index (χ0) is 23.8. The standard InChI is InChI=1S/C27H30N4O3/c1-3-34-25-13-9-21(10-14-25)26(32)29-27(28-22-11-15-24(33-2)16-12-22)31-19-17-30(18-20-31)23-7-5-4-6-8-23/h4-16H,3,17-20H2,1-2H3,(H,28,29,32). The number of guanidine groups is 1. The lowest BCUT2D eigenvalue weighted by molar-refractivity contribution is 0.0971. The first-order valence-electron chi connectivity index (χ1n) is 11.5. The van der Waals surface area contributed by atoms with Gasteiger partial charge in [0.25, 0.3) is 5.91 Å². The number of hydrogen-bond acceptors (Lipinski definition) is 5. The molecule has 1 amide bonds. The Morgan fingerprint density at radius 3 is 2.15 bits per heavy atom. The number of piperazine rings is 1. The lowest BCUT2D eigenvalue weighted by Crippen LogP contribution is -2.53. The van der Waals surface area contributed by atoms with Crippen LogP contribution in [0.5, 0.6) is 11.5 Å². The summed E-state index contributed by atoms with van der Waals surface area (Å²) < 4.78 is 10.7. The molecule has 3 aromatic rings. The molecule has 1 aliphatic heterocycles. The van der Waals surface area contributed by atoms with Gasteiger partial charge >= 0.3 is 0 Å². The molecule has 1 heterocycles. The van der Waals surface area contributed by atoms with E-state index in [9.17, 15) is 4.79 Å². The topological polar surface area (TPSA) is 66.4 Å². The second kappa shape index (κ2) is 11.2. The molecule has 1 fully saturated rings. The van der Waals surface area contributed by atoms with Crippen LogP contribution in [0.4, 0.5) is 11.4 Å². The first-order valence-corrected chi connectivity index (χ1v) is 11.5. The number of carbonyl (C=O) groups excluding carboxylic acids is 1. The molecule has 0 radical (unpaired) electrons. The van der Waals surface area contributed by atoms with Crippen LogP contribution in [0.25, 0.3) is 0 Å². The third kappa shape index (κ3) is 5.86. The molecule has 7 nitrogen and oxygen atoms in total. The summed E-state index contributed by atoms with van der Waals surface area (Å²) in [4.78, 5) is 22.3. The minimum atomic E-state index is -0.208. The molecule has 1 N–H and O–H groups in total. The predicted octanol–water partition coefficient (Wildman–Crippen LogP) is 4.33. The van der Waals surface area contributed by atoms with Crippen molar-refractivity contribution in [1.82, 2.24) is 10.2 Å². The van der Waals surface area contributed by atoms with Gasteiger partial charge in [0.05, 0.1) is 19.4 Å². The second-order valence-corrected chi connectivity index (χ2v) is 7.85. The number of carbonyl (C=O) groups is 1. The Morgan fingerprint density at radius 1 is 0.882 bits per heavy atom. The van der Waals surface area contributed by atoms with Gasteiger partial charge in [-0.15, -0.1) is 0 Å². The molecule has 0 saturated carbocycles. The van der Waals surface area contributed by atoms with Crippen LogP contribution in [0.2, 0.25) is 0 Å². The number of para-hydroxylation sites is 1. The molecule has 1 aliphatic rings. The minimum absolute atomic E-state index is 0.208. The average molecular weight is 459 g/mol. The number of methoxy groups -OCH3 is 1. The first kappa shape index (κ1) is 23.2. The summed E-state index contributed by atoms with van der Waals surface area (Å²) in [6, 6.07) is 25.0. The third-order valence-corrected chi connectivity index (χ3v) is 5.66. The highest BCUT2D eigenvalue weighted by Gasteiger charge is 2.22. The highest BCUT2D eigenvalue weighted by Crippen LogP contribution is 2.20. The number of aliphatic imine (C=N–C) groups is 1. The van der Waals surface area contributed by atoms with E-state index >= 15 is 0 Å². The van der Waals surface area contributed by atoms with E-state index in [0.717, 1.165) is 43.4 Å². The summed E-state index contributed by atoms with van der Waals surface area (Å²) in [6.07, 6.45) is 0. The number of nitrogens with one attached hydrogen (secondary N) is 1. The van der Waals surface area contributed by atoms with E-state index in [-0.39, 0.29) is 5.91 Å². The van der Waals surface area contributed by atoms with Crippen LogP contribution in [-0.2, 0) is 0 Å². The molecule has 34 heavy (non-hydrogen) atoms. The van der Waals surface area contributed by atoms with Gasteiger partial charge < -0.3 is 19.3 Å². The van der Waals surface area contributed by atoms with Crippen LogP contribution in [0, 0.1) is 0 Å². The van der Waals surface area contributed by atoms with Crippen molar-refractivity contribution in [1.29, 1.82) is 0 Å². The molecule has 0 aromatic heterocycles. The van der Waals surface area contributed by atoms with Gasteiger partial charge in [0.2, 0.25) is 5.96 Å². The van der Waals surface area contributed by atoms with Crippen LogP contribution in [0.15, 0.2) is 83.9 Å². The summed E-state index contributed by atoms with van der Waals surface area (Å²) in [5, 5.41) is 3.03. The SMILES string of the molecule is CCOc1ccc(C(=O)NC(=Nc2ccc(OC)cc2)N2CCN(c3ccccc3)CC2)cc1. The molecule has 0 atom stereocenters. The largest absolute Gasteiger partial charge is 0.497 e. The number of benzene rings is 3. The molecule has 0 aliphatic carbocycles. The molecule has 0 bridgehead atoms. The summed E-state index contributed by atoms with van der Waals surface area (Å²) in [7, 11) is 1.63. The average Bonchev–Trinajstić information content (AvgIpc) is 2.90. The van der Waals surface area contributed by atoms with E-state index in [1.807, 2.05) is 37.3 Å². The molecule has 7 heteroatoms. The molecule has 176 valence electrons. The van der Waals surface area contributed by atoms with Crippen molar-refractivity contribution in [3.05, 3.63) is 84.4 Å². The van der Waals surface area contributed by atoms with E-state index in [2.05, 4.69) is 39.4 Å². The predicted molar refractivity (Wildman–Crippen MR) is 135 cm³/mol. The molecule has 1 saturated heterocycles. The summed E-state index contributed by atoms with van der Waals surface area (Å²) in [5.74, 6) is 1.83. The summed E-state index contributed by atoms with van der Waals surface area (Å²) in [6.45, 7) is 5.68. The van der Waals surface area contributed by atoms with Gasteiger partial charge in [-0.2, -0.15) is 0 Å². The number of anilines is 1. The summed E-state index contributed by atoms with van der Waals surface area (Å²) >= 11 is 0. The lowest BCUT2D eigenvalue weighted by atomic mass is 10.2. The van der Waals surface area contributed by atoms with Crippen molar-refractivity contribution < 1.29 is 14.3 Å².